The van der Waals surface area contributed by atoms with E-state index in [2.05, 4.69) is 38.6 Å². The highest BCUT2D eigenvalue weighted by Gasteiger charge is 2.28. The minimum atomic E-state index is 0.106. The number of thiophene rings is 1. The molecule has 0 spiro atoms. The number of anilines is 1. The van der Waals surface area contributed by atoms with Gasteiger partial charge in [-0.15, -0.1) is 0 Å². The Hall–Kier alpha value is -1.46. The molecule has 3 rings (SSSR count). The molecule has 5 heteroatoms. The predicted molar refractivity (Wildman–Crippen MR) is 81.3 cm³/mol. The third-order valence-electron chi connectivity index (χ3n) is 3.43. The van der Waals surface area contributed by atoms with E-state index in [1.54, 1.807) is 11.3 Å². The van der Waals surface area contributed by atoms with Crippen molar-refractivity contribution in [3.63, 3.8) is 0 Å². The van der Waals surface area contributed by atoms with Crippen LogP contribution in [0, 0.1) is 13.8 Å². The molecular weight excluding hydrogens is 270 g/mol. The Labute approximate surface area is 123 Å². The van der Waals surface area contributed by atoms with Crippen LogP contribution in [0.25, 0.3) is 0 Å². The van der Waals surface area contributed by atoms with Gasteiger partial charge in [0, 0.05) is 17.9 Å². The summed E-state index contributed by atoms with van der Waals surface area (Å²) < 4.78 is 6.05. The molecule has 0 saturated carbocycles. The first-order valence-electron chi connectivity index (χ1n) is 6.86. The largest absolute Gasteiger partial charge is 0.367 e. The summed E-state index contributed by atoms with van der Waals surface area (Å²) in [5.41, 5.74) is 3.27. The summed E-state index contributed by atoms with van der Waals surface area (Å²) >= 11 is 1.71. The summed E-state index contributed by atoms with van der Waals surface area (Å²) in [5.74, 6) is 0.817. The highest BCUT2D eigenvalue weighted by molar-refractivity contribution is 7.07. The van der Waals surface area contributed by atoms with E-state index in [0.29, 0.717) is 0 Å². The van der Waals surface area contributed by atoms with Crippen molar-refractivity contribution in [1.29, 1.82) is 0 Å². The molecule has 106 valence electrons. The molecule has 2 aromatic rings. The van der Waals surface area contributed by atoms with E-state index in [0.717, 1.165) is 30.4 Å². The highest BCUT2D eigenvalue weighted by Crippen LogP contribution is 2.28. The summed E-state index contributed by atoms with van der Waals surface area (Å²) in [6.45, 7) is 7.78. The summed E-state index contributed by atoms with van der Waals surface area (Å²) in [4.78, 5) is 11.4. The summed E-state index contributed by atoms with van der Waals surface area (Å²) in [6.07, 6.45) is 0.285. The quantitative estimate of drug-likeness (QED) is 0.851. The van der Waals surface area contributed by atoms with E-state index in [1.807, 2.05) is 19.9 Å². The van der Waals surface area contributed by atoms with E-state index >= 15 is 0 Å². The minimum absolute atomic E-state index is 0.106. The number of ether oxygens (including phenoxy) is 1. The average molecular weight is 289 g/mol. The van der Waals surface area contributed by atoms with E-state index in [-0.39, 0.29) is 12.2 Å². The van der Waals surface area contributed by atoms with Crippen molar-refractivity contribution in [2.75, 3.05) is 18.0 Å². The van der Waals surface area contributed by atoms with Gasteiger partial charge in [-0.1, -0.05) is 0 Å². The lowest BCUT2D eigenvalue weighted by atomic mass is 10.1. The Kier molecular flexibility index (Phi) is 3.72. The average Bonchev–Trinajstić information content (AvgIpc) is 2.90. The molecule has 0 unspecified atom stereocenters. The van der Waals surface area contributed by atoms with Crippen LogP contribution in [-0.4, -0.2) is 29.2 Å². The lowest BCUT2D eigenvalue weighted by Gasteiger charge is -2.36. The number of hydrogen-bond acceptors (Lipinski definition) is 5. The van der Waals surface area contributed by atoms with Gasteiger partial charge >= 0.3 is 0 Å². The van der Waals surface area contributed by atoms with Gasteiger partial charge in [0.1, 0.15) is 6.10 Å². The molecule has 0 bridgehead atoms. The molecule has 20 heavy (non-hydrogen) atoms. The second-order valence-electron chi connectivity index (χ2n) is 5.35. The van der Waals surface area contributed by atoms with Crippen LogP contribution in [0.5, 0.6) is 0 Å². The third-order valence-corrected chi connectivity index (χ3v) is 4.13. The van der Waals surface area contributed by atoms with Crippen LogP contribution in [-0.2, 0) is 4.74 Å². The minimum Gasteiger partial charge on any atom is -0.367 e. The first-order chi connectivity index (χ1) is 9.61. The van der Waals surface area contributed by atoms with Crippen LogP contribution in [0.2, 0.25) is 0 Å². The van der Waals surface area contributed by atoms with E-state index in [4.69, 9.17) is 4.74 Å². The number of aromatic nitrogens is 2. The van der Waals surface area contributed by atoms with Gasteiger partial charge in [-0.2, -0.15) is 11.3 Å². The van der Waals surface area contributed by atoms with Gasteiger partial charge in [-0.25, -0.2) is 9.97 Å². The predicted octanol–water partition coefficient (Wildman–Crippen LogP) is 3.12. The third kappa shape index (κ3) is 2.83. The van der Waals surface area contributed by atoms with E-state index in [1.165, 1.54) is 5.56 Å². The van der Waals surface area contributed by atoms with Crippen molar-refractivity contribution in [1.82, 2.24) is 9.97 Å². The van der Waals surface area contributed by atoms with Gasteiger partial charge in [0.05, 0.1) is 12.6 Å². The molecule has 0 aliphatic carbocycles. The van der Waals surface area contributed by atoms with Gasteiger partial charge in [0.15, 0.2) is 0 Å². The molecule has 0 radical (unpaired) electrons. The molecular formula is C15H19N3OS. The summed E-state index contributed by atoms with van der Waals surface area (Å²) in [7, 11) is 0. The Balaban J connectivity index is 1.85. The summed E-state index contributed by atoms with van der Waals surface area (Å²) in [5, 5.41) is 4.25. The van der Waals surface area contributed by atoms with Crippen molar-refractivity contribution in [3.8, 4) is 0 Å². The SMILES string of the molecule is Cc1cc(C)nc(N2C[C@@H](C)O[C@H](c3ccsc3)C2)n1. The standard InChI is InChI=1S/C15H19N3OS/c1-10-6-11(2)17-15(16-10)18-7-12(3)19-14(8-18)13-4-5-20-9-13/h4-6,9,12,14H,7-8H2,1-3H3/t12-,14+/m1/s1. The van der Waals surface area contributed by atoms with Crippen LogP contribution in [0.4, 0.5) is 5.95 Å². The Bertz CT molecular complexity index is 565. The molecule has 0 amide bonds. The van der Waals surface area contributed by atoms with Crippen molar-refractivity contribution >= 4 is 17.3 Å². The van der Waals surface area contributed by atoms with Gasteiger partial charge in [-0.3, -0.25) is 0 Å². The van der Waals surface area contributed by atoms with Crippen LogP contribution >= 0.6 is 11.3 Å². The fraction of sp³-hybridized carbons (Fsp3) is 0.467. The second-order valence-corrected chi connectivity index (χ2v) is 6.13. The van der Waals surface area contributed by atoms with Gasteiger partial charge in [-0.05, 0) is 49.2 Å². The first kappa shape index (κ1) is 13.5. The zero-order chi connectivity index (χ0) is 14.1. The lowest BCUT2D eigenvalue weighted by molar-refractivity contribution is -0.0176. The molecule has 0 N–H and O–H groups in total. The number of rotatable bonds is 2. The Morgan fingerprint density at radius 1 is 1.25 bits per heavy atom. The number of hydrogen-bond donors (Lipinski definition) is 0. The fourth-order valence-corrected chi connectivity index (χ4v) is 3.31. The zero-order valence-electron chi connectivity index (χ0n) is 12.0. The normalized spacial score (nSPS) is 23.1. The molecule has 1 aliphatic heterocycles. The summed E-state index contributed by atoms with van der Waals surface area (Å²) in [6, 6.07) is 4.14. The molecule has 1 saturated heterocycles. The molecule has 1 fully saturated rings. The van der Waals surface area contributed by atoms with Crippen molar-refractivity contribution in [2.24, 2.45) is 0 Å². The van der Waals surface area contributed by atoms with Crippen LogP contribution in [0.1, 0.15) is 30.0 Å². The van der Waals surface area contributed by atoms with Crippen molar-refractivity contribution in [2.45, 2.75) is 33.0 Å². The van der Waals surface area contributed by atoms with Crippen LogP contribution in [0.15, 0.2) is 22.9 Å². The van der Waals surface area contributed by atoms with Gasteiger partial charge in [0.2, 0.25) is 5.95 Å². The topological polar surface area (TPSA) is 38.2 Å². The Morgan fingerprint density at radius 2 is 2.00 bits per heavy atom. The number of aryl methyl sites for hydroxylation is 2. The van der Waals surface area contributed by atoms with Crippen molar-refractivity contribution < 1.29 is 4.74 Å². The maximum absolute atomic E-state index is 6.05. The smallest absolute Gasteiger partial charge is 0.225 e. The lowest BCUT2D eigenvalue weighted by Crippen LogP contribution is -2.43. The maximum Gasteiger partial charge on any atom is 0.225 e. The fourth-order valence-electron chi connectivity index (χ4n) is 2.61. The van der Waals surface area contributed by atoms with Crippen LogP contribution in [0.3, 0.4) is 0 Å². The van der Waals surface area contributed by atoms with E-state index < -0.39 is 0 Å². The molecule has 2 atom stereocenters. The van der Waals surface area contributed by atoms with E-state index in [9.17, 15) is 0 Å². The second kappa shape index (κ2) is 5.50. The number of morpholine rings is 1. The number of nitrogens with zero attached hydrogens (tertiary/aromatic N) is 3. The first-order valence-corrected chi connectivity index (χ1v) is 7.81. The molecule has 0 aromatic carbocycles. The monoisotopic (exact) mass is 289 g/mol. The zero-order valence-corrected chi connectivity index (χ0v) is 12.9. The maximum atomic E-state index is 6.05. The van der Waals surface area contributed by atoms with Crippen LogP contribution < -0.4 is 4.90 Å². The molecule has 4 nitrogen and oxygen atoms in total. The molecule has 2 aromatic heterocycles. The Morgan fingerprint density at radius 3 is 2.65 bits per heavy atom. The van der Waals surface area contributed by atoms with Crippen molar-refractivity contribution in [3.05, 3.63) is 39.8 Å². The van der Waals surface area contributed by atoms with Gasteiger partial charge in [0.25, 0.3) is 0 Å². The molecule has 1 aliphatic rings. The molecule has 3 heterocycles. The van der Waals surface area contributed by atoms with Gasteiger partial charge < -0.3 is 9.64 Å². The highest BCUT2D eigenvalue weighted by atomic mass is 32.1.